The summed E-state index contributed by atoms with van der Waals surface area (Å²) in [7, 11) is -3.34. The number of ether oxygens (including phenoxy) is 2. The van der Waals surface area contributed by atoms with Gasteiger partial charge in [0, 0.05) is 15.2 Å². The molecule has 0 radical (unpaired) electrons. The minimum absolute atomic E-state index is 0.0351. The monoisotopic (exact) mass is 647 g/mol. The molecule has 0 aromatic heterocycles. The number of methoxy groups -OCH3 is 1. The molecule has 1 saturated heterocycles. The Labute approximate surface area is 259 Å². The van der Waals surface area contributed by atoms with Gasteiger partial charge in [0.2, 0.25) is 0 Å². The lowest BCUT2D eigenvalue weighted by atomic mass is 9.88. The predicted molar refractivity (Wildman–Crippen MR) is 138 cm³/mol. The molecular weight excluding hydrogens is 612 g/mol. The van der Waals surface area contributed by atoms with Gasteiger partial charge in [-0.05, 0) is 71.9 Å². The number of nitrogens with zero attached hydrogens (tertiary/aromatic N) is 1. The molecule has 1 aliphatic heterocycles. The van der Waals surface area contributed by atoms with E-state index in [9.17, 15) is 44.3 Å². The van der Waals surface area contributed by atoms with Gasteiger partial charge in [0.05, 0.1) is 45.8 Å². The van der Waals surface area contributed by atoms with Crippen LogP contribution in [0.3, 0.4) is 0 Å². The fourth-order valence-corrected chi connectivity index (χ4v) is 4.41. The molecule has 4 rings (SSSR count). The first kappa shape index (κ1) is 21.7. The van der Waals surface area contributed by atoms with E-state index in [4.69, 9.17) is 23.2 Å². The van der Waals surface area contributed by atoms with Crippen molar-refractivity contribution in [3.8, 4) is 16.9 Å². The minimum Gasteiger partial charge on any atom is -0.496 e. The Morgan fingerprint density at radius 1 is 0.932 bits per heavy atom. The van der Waals surface area contributed by atoms with E-state index < -0.39 is 130 Å². The summed E-state index contributed by atoms with van der Waals surface area (Å²) in [6.07, 6.45) is -23.3. The topological polar surface area (TPSA) is 38.8 Å². The maximum atomic E-state index is 15.4. The Balaban J connectivity index is 2.16. The second-order valence-electron chi connectivity index (χ2n) is 9.64. The van der Waals surface area contributed by atoms with Gasteiger partial charge in [-0.15, -0.1) is 0 Å². The molecule has 1 fully saturated rings. The van der Waals surface area contributed by atoms with E-state index in [2.05, 4.69) is 0 Å². The molecule has 2 atom stereocenters. The molecule has 0 saturated carbocycles. The average Bonchev–Trinajstić information content (AvgIpc) is 3.21. The highest BCUT2D eigenvalue weighted by Gasteiger charge is 2.44. The third-order valence-corrected chi connectivity index (χ3v) is 6.35. The van der Waals surface area contributed by atoms with Crippen molar-refractivity contribution in [3.05, 3.63) is 87.7 Å². The lowest BCUT2D eigenvalue weighted by Gasteiger charge is -2.25. The highest BCUT2D eigenvalue weighted by atomic mass is 19.4. The summed E-state index contributed by atoms with van der Waals surface area (Å²) in [5.74, 6) is -2.94. The number of cyclic esters (lactones) is 1. The van der Waals surface area contributed by atoms with E-state index in [0.29, 0.717) is 24.3 Å². The zero-order valence-electron chi connectivity index (χ0n) is 32.1. The third kappa shape index (κ3) is 6.43. The Bertz CT molecular complexity index is 1930. The fourth-order valence-electron chi connectivity index (χ4n) is 4.41. The van der Waals surface area contributed by atoms with Gasteiger partial charge in [-0.2, -0.15) is 39.5 Å². The largest absolute Gasteiger partial charge is 0.496 e. The summed E-state index contributed by atoms with van der Waals surface area (Å²) >= 11 is 0. The molecule has 238 valence electrons. The Morgan fingerprint density at radius 3 is 2.07 bits per heavy atom. The molecule has 3 aromatic carbocycles. The van der Waals surface area contributed by atoms with Crippen molar-refractivity contribution in [2.45, 2.75) is 63.7 Å². The molecule has 44 heavy (non-hydrogen) atoms. The first-order valence-corrected chi connectivity index (χ1v) is 12.2. The standard InChI is InChI=1S/C30H25F10NO3/c1-14(2)24-22(31)7-8-23(43-4)25(24)21-6-5-18(28(32,33)34)11-17(21)13-41-15(3)26(44-27(41)42)16-9-19(29(35,36)37)12-20(10-16)30(38,39)40/h5-12,14-15,26H,13H2,1-4H3/t15-,26-/m0/s1/i3D3,4D3,13D2,15D,26D. The van der Waals surface area contributed by atoms with Gasteiger partial charge in [0.1, 0.15) is 17.6 Å². The molecule has 1 heterocycles. The fraction of sp³-hybridized carbons (Fsp3) is 0.367. The van der Waals surface area contributed by atoms with Crippen molar-refractivity contribution in [2.24, 2.45) is 0 Å². The number of benzene rings is 3. The second kappa shape index (κ2) is 11.5. The van der Waals surface area contributed by atoms with Crippen molar-refractivity contribution in [1.82, 2.24) is 4.90 Å². The van der Waals surface area contributed by atoms with Crippen LogP contribution < -0.4 is 4.74 Å². The first-order valence-electron chi connectivity index (χ1n) is 17.2. The smallest absolute Gasteiger partial charge is 0.416 e. The van der Waals surface area contributed by atoms with E-state index in [1.165, 1.54) is 13.8 Å². The number of hydrogen-bond donors (Lipinski definition) is 0. The van der Waals surface area contributed by atoms with Crippen LogP contribution in [0.4, 0.5) is 48.7 Å². The summed E-state index contributed by atoms with van der Waals surface area (Å²) in [6.45, 7) is -5.89. The van der Waals surface area contributed by atoms with Gasteiger partial charge < -0.3 is 9.47 Å². The van der Waals surface area contributed by atoms with Crippen LogP contribution in [0.1, 0.15) is 79.8 Å². The SMILES string of the molecule is [2H]C([2H])([2H])Oc1ccc(F)c(C(C)C)c1-c1ccc(C(F)(F)F)cc1C([2H])([2H])N1C(=O)O[C@]([2H])(c2cc(C(F)(F)F)cc(C(F)(F)F)c2)[C@]1([2H])C([2H])([2H])[2H]. The summed E-state index contributed by atoms with van der Waals surface area (Å²) in [6, 6.07) is -3.21. The number of rotatable bonds is 6. The van der Waals surface area contributed by atoms with Gasteiger partial charge >= 0.3 is 24.6 Å². The zero-order valence-corrected chi connectivity index (χ0v) is 22.1. The van der Waals surface area contributed by atoms with Crippen LogP contribution >= 0.6 is 0 Å². The maximum Gasteiger partial charge on any atom is 0.416 e. The summed E-state index contributed by atoms with van der Waals surface area (Å²) in [5.41, 5.74) is -11.4. The van der Waals surface area contributed by atoms with E-state index in [0.717, 1.165) is 0 Å². The molecule has 0 bridgehead atoms. The van der Waals surface area contributed by atoms with E-state index in [1.807, 2.05) is 0 Å². The Morgan fingerprint density at radius 2 is 1.55 bits per heavy atom. The van der Waals surface area contributed by atoms with Crippen LogP contribution in [0, 0.1) is 5.82 Å². The van der Waals surface area contributed by atoms with Crippen molar-refractivity contribution >= 4 is 6.09 Å². The van der Waals surface area contributed by atoms with Crippen LogP contribution in [0.2, 0.25) is 0 Å². The van der Waals surface area contributed by atoms with Crippen LogP contribution in [0.5, 0.6) is 5.75 Å². The minimum atomic E-state index is -5.63. The molecule has 1 amide bonds. The molecule has 0 spiro atoms. The quantitative estimate of drug-likeness (QED) is 0.250. The van der Waals surface area contributed by atoms with Crippen LogP contribution in [0.25, 0.3) is 11.1 Å². The summed E-state index contributed by atoms with van der Waals surface area (Å²) < 4.78 is 233. The van der Waals surface area contributed by atoms with Crippen molar-refractivity contribution in [2.75, 3.05) is 7.04 Å². The third-order valence-electron chi connectivity index (χ3n) is 6.35. The highest BCUT2D eigenvalue weighted by molar-refractivity contribution is 5.79. The van der Waals surface area contributed by atoms with Gasteiger partial charge in [-0.25, -0.2) is 9.18 Å². The molecule has 0 aliphatic carbocycles. The van der Waals surface area contributed by atoms with E-state index in [-0.39, 0.29) is 18.2 Å². The van der Waals surface area contributed by atoms with E-state index >= 15 is 4.39 Å². The van der Waals surface area contributed by atoms with E-state index in [1.54, 1.807) is 0 Å². The Hall–Kier alpha value is -3.97. The lowest BCUT2D eigenvalue weighted by molar-refractivity contribution is -0.143. The molecule has 0 unspecified atom stereocenters. The van der Waals surface area contributed by atoms with Gasteiger partial charge in [0.15, 0.2) is 0 Å². The number of hydrogen-bond acceptors (Lipinski definition) is 3. The van der Waals surface area contributed by atoms with Crippen LogP contribution in [-0.4, -0.2) is 24.0 Å². The van der Waals surface area contributed by atoms with Crippen LogP contribution in [0.15, 0.2) is 48.5 Å². The number of carbonyl (C=O) groups excluding carboxylic acids is 1. The zero-order chi connectivity index (χ0) is 41.6. The van der Waals surface area contributed by atoms with Crippen molar-refractivity contribution in [3.63, 3.8) is 0 Å². The average molecular weight is 648 g/mol. The lowest BCUT2D eigenvalue weighted by Crippen LogP contribution is -2.32. The Kier molecular flexibility index (Phi) is 5.67. The number of carbonyl (C=O) groups is 1. The molecule has 3 aromatic rings. The number of amides is 1. The number of alkyl halides is 9. The van der Waals surface area contributed by atoms with Crippen molar-refractivity contribution in [1.29, 1.82) is 0 Å². The van der Waals surface area contributed by atoms with Crippen LogP contribution in [-0.2, 0) is 29.8 Å². The van der Waals surface area contributed by atoms with Gasteiger partial charge in [-0.3, -0.25) is 4.90 Å². The molecule has 14 heteroatoms. The molecule has 0 N–H and O–H groups in total. The highest BCUT2D eigenvalue weighted by Crippen LogP contribution is 2.45. The van der Waals surface area contributed by atoms with Crippen molar-refractivity contribution < 1.29 is 71.9 Å². The molecule has 1 aliphatic rings. The summed E-state index contributed by atoms with van der Waals surface area (Å²) in [4.78, 5) is 12.8. The molecular formula is C30H25F10NO3. The molecule has 4 nitrogen and oxygen atoms in total. The summed E-state index contributed by atoms with van der Waals surface area (Å²) in [5, 5.41) is 0. The maximum absolute atomic E-state index is 15.4. The number of halogens is 10. The second-order valence-corrected chi connectivity index (χ2v) is 9.64. The van der Waals surface area contributed by atoms with Gasteiger partial charge in [-0.1, -0.05) is 19.9 Å². The predicted octanol–water partition coefficient (Wildman–Crippen LogP) is 9.76. The first-order chi connectivity index (χ1) is 24.1. The van der Waals surface area contributed by atoms with Gasteiger partial charge in [0.25, 0.3) is 0 Å². The normalized spacial score (nSPS) is 25.4.